The van der Waals surface area contributed by atoms with E-state index >= 15 is 0 Å². The summed E-state index contributed by atoms with van der Waals surface area (Å²) < 4.78 is 0. The molecular weight excluding hydrogens is 238 g/mol. The molecule has 0 bridgehead atoms. The number of terminal acetylenes is 1. The summed E-state index contributed by atoms with van der Waals surface area (Å²) in [5, 5.41) is 0.440. The fraction of sp³-hybridized carbons (Fsp3) is 0.500. The molecule has 0 rings (SSSR count). The highest BCUT2D eigenvalue weighted by Gasteiger charge is 2.17. The lowest BCUT2D eigenvalue weighted by Gasteiger charge is -2.22. The van der Waals surface area contributed by atoms with E-state index < -0.39 is 0 Å². The number of hydrogen-bond donors (Lipinski definition) is 1. The zero-order chi connectivity index (χ0) is 14.3. The Balaban J connectivity index is 5.80. The first-order valence-electron chi connectivity index (χ1n) is 6.23. The van der Waals surface area contributed by atoms with Crippen LogP contribution in [0, 0.1) is 12.3 Å². The molecule has 2 N–H and O–H groups in total. The molecule has 100 valence electrons. The van der Waals surface area contributed by atoms with Crippen molar-refractivity contribution in [3.63, 3.8) is 0 Å². The molecule has 0 aromatic carbocycles. The molecule has 18 heavy (non-hydrogen) atoms. The molecule has 0 aliphatic heterocycles. The normalized spacial score (nSPS) is 15.3. The summed E-state index contributed by atoms with van der Waals surface area (Å²) in [6.45, 7) is 12.2. The molecule has 0 fully saturated rings. The second kappa shape index (κ2) is 8.11. The van der Waals surface area contributed by atoms with Crippen LogP contribution in [0.2, 0.25) is 0 Å². The molecule has 0 heterocycles. The summed E-state index contributed by atoms with van der Waals surface area (Å²) in [7, 11) is 0. The van der Waals surface area contributed by atoms with Crippen LogP contribution in [0.25, 0.3) is 0 Å². The van der Waals surface area contributed by atoms with Gasteiger partial charge in [0.2, 0.25) is 0 Å². The van der Waals surface area contributed by atoms with Gasteiger partial charge in [-0.05, 0) is 44.6 Å². The largest absolute Gasteiger partial charge is 0.401 e. The SMILES string of the molecule is C#CC(=C(/C)N)/C(C)=C(\C(=C)C)C(CCC)SC. The van der Waals surface area contributed by atoms with Gasteiger partial charge in [-0.15, -0.1) is 6.42 Å². The summed E-state index contributed by atoms with van der Waals surface area (Å²) in [6.07, 6.45) is 9.97. The van der Waals surface area contributed by atoms with Crippen molar-refractivity contribution < 1.29 is 0 Å². The predicted molar refractivity (Wildman–Crippen MR) is 85.4 cm³/mol. The van der Waals surface area contributed by atoms with Crippen molar-refractivity contribution in [2.75, 3.05) is 6.26 Å². The first-order chi connectivity index (χ1) is 8.40. The molecule has 2 heteroatoms. The second-order valence-electron chi connectivity index (χ2n) is 4.53. The molecule has 1 atom stereocenters. The van der Waals surface area contributed by atoms with Crippen molar-refractivity contribution in [3.05, 3.63) is 34.6 Å². The first kappa shape index (κ1) is 16.9. The summed E-state index contributed by atoms with van der Waals surface area (Å²) >= 11 is 1.85. The van der Waals surface area contributed by atoms with Gasteiger partial charge in [0, 0.05) is 16.5 Å². The van der Waals surface area contributed by atoms with Crippen LogP contribution in [-0.2, 0) is 0 Å². The maximum absolute atomic E-state index is 5.87. The average Bonchev–Trinajstić information content (AvgIpc) is 2.28. The topological polar surface area (TPSA) is 26.0 Å². The Kier molecular flexibility index (Phi) is 7.62. The molecule has 0 aliphatic carbocycles. The van der Waals surface area contributed by atoms with Gasteiger partial charge < -0.3 is 5.73 Å². The summed E-state index contributed by atoms with van der Waals surface area (Å²) in [5.41, 5.74) is 10.8. The lowest BCUT2D eigenvalue weighted by Crippen LogP contribution is -2.11. The molecule has 1 unspecified atom stereocenters. The molecule has 0 aromatic rings. The Morgan fingerprint density at radius 3 is 2.22 bits per heavy atom. The van der Waals surface area contributed by atoms with E-state index in [4.69, 9.17) is 12.2 Å². The van der Waals surface area contributed by atoms with Gasteiger partial charge in [-0.2, -0.15) is 11.8 Å². The van der Waals surface area contributed by atoms with Gasteiger partial charge in [0.25, 0.3) is 0 Å². The van der Waals surface area contributed by atoms with E-state index in [2.05, 4.69) is 32.6 Å². The minimum Gasteiger partial charge on any atom is -0.401 e. The van der Waals surface area contributed by atoms with E-state index in [1.807, 2.05) is 25.6 Å². The lowest BCUT2D eigenvalue weighted by molar-refractivity contribution is 0.802. The van der Waals surface area contributed by atoms with E-state index in [0.29, 0.717) is 10.9 Å². The standard InChI is InChI=1S/C16H25NS/c1-8-10-15(18-7)16(11(3)4)12(5)14(9-2)13(6)17/h2,15H,3,8,10,17H2,1,4-7H3/b14-13+,16-12+. The summed E-state index contributed by atoms with van der Waals surface area (Å²) in [6, 6.07) is 0. The zero-order valence-electron chi connectivity index (χ0n) is 12.3. The predicted octanol–water partition coefficient (Wildman–Crippen LogP) is 4.28. The summed E-state index contributed by atoms with van der Waals surface area (Å²) in [5.74, 6) is 2.70. The van der Waals surface area contributed by atoms with Crippen molar-refractivity contribution >= 4 is 11.8 Å². The van der Waals surface area contributed by atoms with E-state index in [-0.39, 0.29) is 0 Å². The Labute approximate surface area is 117 Å². The highest BCUT2D eigenvalue weighted by molar-refractivity contribution is 7.99. The molecule has 0 aliphatic rings. The lowest BCUT2D eigenvalue weighted by atomic mass is 9.92. The van der Waals surface area contributed by atoms with Gasteiger partial charge >= 0.3 is 0 Å². The molecule has 0 spiro atoms. The van der Waals surface area contributed by atoms with E-state index in [1.54, 1.807) is 0 Å². The highest BCUT2D eigenvalue weighted by atomic mass is 32.2. The molecular formula is C16H25NS. The monoisotopic (exact) mass is 263 g/mol. The molecule has 0 saturated carbocycles. The smallest absolute Gasteiger partial charge is 0.0459 e. The minimum absolute atomic E-state index is 0.440. The molecule has 1 nitrogen and oxygen atoms in total. The number of hydrogen-bond acceptors (Lipinski definition) is 2. The molecule has 0 aromatic heterocycles. The molecule has 0 saturated heterocycles. The zero-order valence-corrected chi connectivity index (χ0v) is 13.1. The quantitative estimate of drug-likeness (QED) is 0.572. The maximum atomic E-state index is 5.87. The summed E-state index contributed by atoms with van der Waals surface area (Å²) in [4.78, 5) is 0. The first-order valence-corrected chi connectivity index (χ1v) is 7.52. The maximum Gasteiger partial charge on any atom is 0.0459 e. The van der Waals surface area contributed by atoms with Crippen LogP contribution < -0.4 is 5.73 Å². The highest BCUT2D eigenvalue weighted by Crippen LogP contribution is 2.31. The van der Waals surface area contributed by atoms with Crippen molar-refractivity contribution in [1.82, 2.24) is 0 Å². The van der Waals surface area contributed by atoms with E-state index in [9.17, 15) is 0 Å². The van der Waals surface area contributed by atoms with Crippen LogP contribution in [0.1, 0.15) is 40.5 Å². The van der Waals surface area contributed by atoms with Crippen molar-refractivity contribution in [3.8, 4) is 12.3 Å². The number of rotatable bonds is 6. The van der Waals surface area contributed by atoms with Crippen LogP contribution in [0.15, 0.2) is 34.6 Å². The fourth-order valence-electron chi connectivity index (χ4n) is 2.13. The Morgan fingerprint density at radius 2 is 1.94 bits per heavy atom. The van der Waals surface area contributed by atoms with E-state index in [0.717, 1.165) is 29.6 Å². The van der Waals surface area contributed by atoms with Gasteiger partial charge in [0.1, 0.15) is 0 Å². The third-order valence-electron chi connectivity index (χ3n) is 2.93. The van der Waals surface area contributed by atoms with Gasteiger partial charge in [0.05, 0.1) is 0 Å². The Morgan fingerprint density at radius 1 is 1.39 bits per heavy atom. The van der Waals surface area contributed by atoms with Crippen LogP contribution >= 0.6 is 11.8 Å². The van der Waals surface area contributed by atoms with E-state index in [1.165, 1.54) is 5.57 Å². The van der Waals surface area contributed by atoms with Crippen molar-refractivity contribution in [2.24, 2.45) is 5.73 Å². The van der Waals surface area contributed by atoms with Gasteiger partial charge in [0.15, 0.2) is 0 Å². The van der Waals surface area contributed by atoms with Gasteiger partial charge in [-0.3, -0.25) is 0 Å². The Bertz CT molecular complexity index is 403. The number of allylic oxidation sites excluding steroid dienone is 4. The van der Waals surface area contributed by atoms with Crippen LogP contribution in [-0.4, -0.2) is 11.5 Å². The second-order valence-corrected chi connectivity index (χ2v) is 5.57. The van der Waals surface area contributed by atoms with Crippen LogP contribution in [0.5, 0.6) is 0 Å². The van der Waals surface area contributed by atoms with Gasteiger partial charge in [-0.1, -0.05) is 31.4 Å². The average molecular weight is 263 g/mol. The van der Waals surface area contributed by atoms with Crippen molar-refractivity contribution in [2.45, 2.75) is 45.8 Å². The number of nitrogens with two attached hydrogens (primary N) is 1. The third kappa shape index (κ3) is 4.31. The van der Waals surface area contributed by atoms with Crippen molar-refractivity contribution in [1.29, 1.82) is 0 Å². The molecule has 0 radical (unpaired) electrons. The number of thioether (sulfide) groups is 1. The third-order valence-corrected chi connectivity index (χ3v) is 3.98. The fourth-order valence-corrected chi connectivity index (χ4v) is 3.22. The van der Waals surface area contributed by atoms with Crippen LogP contribution in [0.3, 0.4) is 0 Å². The Hall–Kier alpha value is -1.07. The van der Waals surface area contributed by atoms with Gasteiger partial charge in [-0.25, -0.2) is 0 Å². The minimum atomic E-state index is 0.440. The van der Waals surface area contributed by atoms with Crippen LogP contribution in [0.4, 0.5) is 0 Å². The molecule has 0 amide bonds.